The topological polar surface area (TPSA) is 46.2 Å². The zero-order chi connectivity index (χ0) is 27.4. The van der Waals surface area contributed by atoms with Gasteiger partial charge in [-0.1, -0.05) is 137 Å². The fourth-order valence-corrected chi connectivity index (χ4v) is 5.28. The standard InChI is InChI=1S/C34H35BrO5/c35-21-30-31(36-22-26-13-5-1-6-14-26)32(37-23-27-15-7-2-8-16-27)33(38-24-28-17-9-3-10-18-28)34(40-30)39-25-29-19-11-4-12-20-29/h1-20,30-34H,21-25H2/t30-,31-,32+,33-,34?/m1/s1. The van der Waals surface area contributed by atoms with Crippen LogP contribution in [-0.2, 0) is 50.1 Å². The number of halogens is 1. The summed E-state index contributed by atoms with van der Waals surface area (Å²) in [4.78, 5) is 0. The first-order valence-corrected chi connectivity index (χ1v) is 14.8. The van der Waals surface area contributed by atoms with E-state index in [1.807, 2.05) is 97.1 Å². The molecular weight excluding hydrogens is 568 g/mol. The van der Waals surface area contributed by atoms with Gasteiger partial charge >= 0.3 is 0 Å². The maximum absolute atomic E-state index is 6.65. The normalized spacial score (nSPS) is 22.7. The summed E-state index contributed by atoms with van der Waals surface area (Å²) in [5, 5.41) is 0.564. The largest absolute Gasteiger partial charge is 0.368 e. The molecule has 4 aromatic carbocycles. The molecule has 4 aromatic rings. The maximum Gasteiger partial charge on any atom is 0.187 e. The molecule has 0 aliphatic carbocycles. The van der Waals surface area contributed by atoms with E-state index in [2.05, 4.69) is 40.2 Å². The lowest BCUT2D eigenvalue weighted by Gasteiger charge is -2.45. The summed E-state index contributed by atoms with van der Waals surface area (Å²) in [7, 11) is 0. The molecule has 0 radical (unpaired) electrons. The quantitative estimate of drug-likeness (QED) is 0.153. The highest BCUT2D eigenvalue weighted by Crippen LogP contribution is 2.32. The number of ether oxygens (including phenoxy) is 5. The molecule has 5 nitrogen and oxygen atoms in total. The molecular formula is C34H35BrO5. The molecule has 5 atom stereocenters. The Balaban J connectivity index is 1.41. The lowest BCUT2D eigenvalue weighted by Crippen LogP contribution is -2.61. The molecule has 0 N–H and O–H groups in total. The van der Waals surface area contributed by atoms with Crippen molar-refractivity contribution in [2.24, 2.45) is 0 Å². The van der Waals surface area contributed by atoms with E-state index in [0.717, 1.165) is 22.3 Å². The third kappa shape index (κ3) is 8.10. The first-order chi connectivity index (χ1) is 19.8. The van der Waals surface area contributed by atoms with Crippen LogP contribution in [0.2, 0.25) is 0 Å². The molecule has 1 aliphatic rings. The highest BCUT2D eigenvalue weighted by Gasteiger charge is 2.48. The number of alkyl halides is 1. The Morgan fingerprint density at radius 3 is 1.20 bits per heavy atom. The summed E-state index contributed by atoms with van der Waals surface area (Å²) in [5.41, 5.74) is 4.29. The summed E-state index contributed by atoms with van der Waals surface area (Å²) in [6.45, 7) is 1.65. The molecule has 208 valence electrons. The van der Waals surface area contributed by atoms with Gasteiger partial charge in [-0.2, -0.15) is 0 Å². The minimum Gasteiger partial charge on any atom is -0.368 e. The third-order valence-corrected chi connectivity index (χ3v) is 7.49. The average Bonchev–Trinajstić information content (AvgIpc) is 3.03. The van der Waals surface area contributed by atoms with E-state index in [1.54, 1.807) is 0 Å². The van der Waals surface area contributed by atoms with Crippen LogP contribution in [0.15, 0.2) is 121 Å². The summed E-state index contributed by atoms with van der Waals surface area (Å²) in [6, 6.07) is 40.5. The van der Waals surface area contributed by atoms with Crippen LogP contribution in [-0.4, -0.2) is 36.0 Å². The van der Waals surface area contributed by atoms with Gasteiger partial charge in [0.15, 0.2) is 6.29 Å². The van der Waals surface area contributed by atoms with Crippen LogP contribution in [0.5, 0.6) is 0 Å². The molecule has 0 bridgehead atoms. The third-order valence-electron chi connectivity index (χ3n) is 6.86. The van der Waals surface area contributed by atoms with E-state index < -0.39 is 18.5 Å². The number of hydrogen-bond acceptors (Lipinski definition) is 5. The van der Waals surface area contributed by atoms with Gasteiger partial charge in [0.05, 0.1) is 32.5 Å². The summed E-state index contributed by atoms with van der Waals surface area (Å²) in [6.07, 6.45) is -2.31. The van der Waals surface area contributed by atoms with E-state index in [1.165, 1.54) is 0 Å². The molecule has 1 saturated heterocycles. The first-order valence-electron chi connectivity index (χ1n) is 13.6. The van der Waals surface area contributed by atoms with Crippen molar-refractivity contribution < 1.29 is 23.7 Å². The van der Waals surface area contributed by atoms with Gasteiger partial charge in [0.25, 0.3) is 0 Å². The lowest BCUT2D eigenvalue weighted by molar-refractivity contribution is -0.321. The van der Waals surface area contributed by atoms with Crippen molar-refractivity contribution >= 4 is 15.9 Å². The Morgan fingerprint density at radius 1 is 0.450 bits per heavy atom. The van der Waals surface area contributed by atoms with Crippen LogP contribution < -0.4 is 0 Å². The van der Waals surface area contributed by atoms with Crippen molar-refractivity contribution in [2.45, 2.75) is 57.1 Å². The van der Waals surface area contributed by atoms with E-state index in [0.29, 0.717) is 31.8 Å². The average molecular weight is 604 g/mol. The molecule has 1 heterocycles. The second-order valence-corrected chi connectivity index (χ2v) is 10.4. The van der Waals surface area contributed by atoms with Gasteiger partial charge in [-0.3, -0.25) is 0 Å². The summed E-state index contributed by atoms with van der Waals surface area (Å²) >= 11 is 3.66. The van der Waals surface area contributed by atoms with Crippen molar-refractivity contribution in [1.82, 2.24) is 0 Å². The lowest BCUT2D eigenvalue weighted by atomic mass is 9.98. The second-order valence-electron chi connectivity index (χ2n) is 9.78. The smallest absolute Gasteiger partial charge is 0.187 e. The monoisotopic (exact) mass is 602 g/mol. The van der Waals surface area contributed by atoms with Gasteiger partial charge < -0.3 is 23.7 Å². The van der Waals surface area contributed by atoms with Crippen LogP contribution in [0.1, 0.15) is 22.3 Å². The van der Waals surface area contributed by atoms with Crippen LogP contribution in [0.3, 0.4) is 0 Å². The zero-order valence-corrected chi connectivity index (χ0v) is 24.0. The fourth-order valence-electron chi connectivity index (χ4n) is 4.76. The van der Waals surface area contributed by atoms with E-state index >= 15 is 0 Å². The Bertz CT molecular complexity index is 1240. The molecule has 5 rings (SSSR count). The summed E-state index contributed by atoms with van der Waals surface area (Å²) in [5.74, 6) is 0. The number of hydrogen-bond donors (Lipinski definition) is 0. The Labute approximate surface area is 245 Å². The fraction of sp³-hybridized carbons (Fsp3) is 0.294. The van der Waals surface area contributed by atoms with Crippen LogP contribution in [0.25, 0.3) is 0 Å². The van der Waals surface area contributed by atoms with Crippen molar-refractivity contribution in [3.63, 3.8) is 0 Å². The molecule has 0 amide bonds. The van der Waals surface area contributed by atoms with Crippen molar-refractivity contribution in [1.29, 1.82) is 0 Å². The molecule has 1 fully saturated rings. The minimum absolute atomic E-state index is 0.304. The molecule has 1 aliphatic heterocycles. The zero-order valence-electron chi connectivity index (χ0n) is 22.4. The predicted molar refractivity (Wildman–Crippen MR) is 159 cm³/mol. The SMILES string of the molecule is BrC[C@H]1OC(OCc2ccccc2)[C@H](OCc2ccccc2)[C@@H](OCc2ccccc2)[C@@H]1OCc1ccccc1. The Kier molecular flexibility index (Phi) is 10.9. The van der Waals surface area contributed by atoms with Gasteiger partial charge in [-0.25, -0.2) is 0 Å². The Hall–Kier alpha value is -2.84. The number of benzene rings is 4. The van der Waals surface area contributed by atoms with Gasteiger partial charge in [0.2, 0.25) is 0 Å². The van der Waals surface area contributed by atoms with Crippen LogP contribution in [0.4, 0.5) is 0 Å². The Morgan fingerprint density at radius 2 is 0.800 bits per heavy atom. The molecule has 0 saturated carbocycles. The van der Waals surface area contributed by atoms with E-state index in [-0.39, 0.29) is 12.2 Å². The summed E-state index contributed by atoms with van der Waals surface area (Å²) < 4.78 is 32.7. The molecule has 6 heteroatoms. The van der Waals surface area contributed by atoms with Gasteiger partial charge in [-0.05, 0) is 22.3 Å². The van der Waals surface area contributed by atoms with Gasteiger partial charge in [0, 0.05) is 5.33 Å². The second kappa shape index (κ2) is 15.2. The first kappa shape index (κ1) is 28.7. The highest BCUT2D eigenvalue weighted by atomic mass is 79.9. The highest BCUT2D eigenvalue weighted by molar-refractivity contribution is 9.09. The number of rotatable bonds is 13. The molecule has 40 heavy (non-hydrogen) atoms. The van der Waals surface area contributed by atoms with E-state index in [9.17, 15) is 0 Å². The van der Waals surface area contributed by atoms with Crippen molar-refractivity contribution in [3.05, 3.63) is 144 Å². The maximum atomic E-state index is 6.65. The van der Waals surface area contributed by atoms with Crippen LogP contribution >= 0.6 is 15.9 Å². The molecule has 0 aromatic heterocycles. The van der Waals surface area contributed by atoms with Gasteiger partial charge in [0.1, 0.15) is 18.3 Å². The molecule has 0 spiro atoms. The van der Waals surface area contributed by atoms with Crippen LogP contribution in [0, 0.1) is 0 Å². The predicted octanol–water partition coefficient (Wildman–Crippen LogP) is 7.08. The van der Waals surface area contributed by atoms with E-state index in [4.69, 9.17) is 23.7 Å². The van der Waals surface area contributed by atoms with Gasteiger partial charge in [-0.15, -0.1) is 0 Å². The van der Waals surface area contributed by atoms with Crippen molar-refractivity contribution in [2.75, 3.05) is 5.33 Å². The van der Waals surface area contributed by atoms with Crippen molar-refractivity contribution in [3.8, 4) is 0 Å². The molecule has 1 unspecified atom stereocenters. The minimum atomic E-state index is -0.649.